The number of ether oxygens (including phenoxy) is 2. The monoisotopic (exact) mass is 440 g/mol. The SMILES string of the molecule is COCC(C)Nc1ccc(C(=O)OC(C)C)cc1S(=O)(=O)Nc1ccc(Cl)cc1. The number of nitrogens with one attached hydrogen (secondary N) is 2. The van der Waals surface area contributed by atoms with Crippen molar-refractivity contribution in [2.45, 2.75) is 37.8 Å². The van der Waals surface area contributed by atoms with Crippen molar-refractivity contribution >= 4 is 39.0 Å². The number of hydrogen-bond acceptors (Lipinski definition) is 6. The Morgan fingerprint density at radius 3 is 2.34 bits per heavy atom. The molecule has 7 nitrogen and oxygen atoms in total. The van der Waals surface area contributed by atoms with Crippen molar-refractivity contribution in [1.29, 1.82) is 0 Å². The van der Waals surface area contributed by atoms with E-state index in [0.717, 1.165) is 0 Å². The van der Waals surface area contributed by atoms with Crippen LogP contribution >= 0.6 is 11.6 Å². The maximum Gasteiger partial charge on any atom is 0.338 e. The Labute approximate surface area is 176 Å². The van der Waals surface area contributed by atoms with E-state index in [1.807, 2.05) is 6.92 Å². The molecule has 1 unspecified atom stereocenters. The largest absolute Gasteiger partial charge is 0.459 e. The molecule has 158 valence electrons. The van der Waals surface area contributed by atoms with Gasteiger partial charge < -0.3 is 14.8 Å². The molecular weight excluding hydrogens is 416 g/mol. The number of sulfonamides is 1. The van der Waals surface area contributed by atoms with E-state index < -0.39 is 16.0 Å². The smallest absolute Gasteiger partial charge is 0.338 e. The number of benzene rings is 2. The molecule has 0 spiro atoms. The van der Waals surface area contributed by atoms with E-state index in [2.05, 4.69) is 10.0 Å². The Kier molecular flexibility index (Phi) is 7.89. The number of carbonyl (C=O) groups is 1. The van der Waals surface area contributed by atoms with Crippen LogP contribution in [0.15, 0.2) is 47.4 Å². The molecule has 0 heterocycles. The summed E-state index contributed by atoms with van der Waals surface area (Å²) in [5, 5.41) is 3.59. The quantitative estimate of drug-likeness (QED) is 0.569. The molecule has 0 radical (unpaired) electrons. The highest BCUT2D eigenvalue weighted by Gasteiger charge is 2.23. The van der Waals surface area contributed by atoms with E-state index in [-0.39, 0.29) is 22.6 Å². The summed E-state index contributed by atoms with van der Waals surface area (Å²) < 4.78 is 38.9. The Hall–Kier alpha value is -2.29. The van der Waals surface area contributed by atoms with Crippen LogP contribution in [-0.4, -0.2) is 40.2 Å². The van der Waals surface area contributed by atoms with Gasteiger partial charge in [0.05, 0.1) is 24.0 Å². The number of hydrogen-bond donors (Lipinski definition) is 2. The van der Waals surface area contributed by atoms with E-state index >= 15 is 0 Å². The Bertz CT molecular complexity index is 946. The van der Waals surface area contributed by atoms with E-state index in [1.54, 1.807) is 51.3 Å². The molecule has 2 N–H and O–H groups in total. The van der Waals surface area contributed by atoms with Crippen molar-refractivity contribution in [2.75, 3.05) is 23.8 Å². The van der Waals surface area contributed by atoms with Gasteiger partial charge >= 0.3 is 5.97 Å². The summed E-state index contributed by atoms with van der Waals surface area (Å²) in [5.41, 5.74) is 0.831. The molecule has 0 bridgehead atoms. The summed E-state index contributed by atoms with van der Waals surface area (Å²) in [6.45, 7) is 5.68. The fraction of sp³-hybridized carbons (Fsp3) is 0.350. The number of halogens is 1. The lowest BCUT2D eigenvalue weighted by atomic mass is 10.2. The van der Waals surface area contributed by atoms with Crippen LogP contribution in [0.5, 0.6) is 0 Å². The maximum absolute atomic E-state index is 13.1. The van der Waals surface area contributed by atoms with E-state index in [0.29, 0.717) is 23.0 Å². The first-order valence-electron chi connectivity index (χ1n) is 9.01. The second-order valence-electron chi connectivity index (χ2n) is 6.78. The van der Waals surface area contributed by atoms with Crippen molar-refractivity contribution < 1.29 is 22.7 Å². The predicted molar refractivity (Wildman–Crippen MR) is 114 cm³/mol. The van der Waals surface area contributed by atoms with Gasteiger partial charge in [-0.05, 0) is 63.2 Å². The first kappa shape index (κ1) is 23.0. The Morgan fingerprint density at radius 2 is 1.76 bits per heavy atom. The third-order valence-corrected chi connectivity index (χ3v) is 5.44. The molecular formula is C20H25ClN2O5S. The number of anilines is 2. The molecule has 29 heavy (non-hydrogen) atoms. The van der Waals surface area contributed by atoms with Gasteiger partial charge in [-0.15, -0.1) is 0 Å². The van der Waals surface area contributed by atoms with Crippen LogP contribution in [0.4, 0.5) is 11.4 Å². The minimum atomic E-state index is -4.01. The normalized spacial score (nSPS) is 12.5. The highest BCUT2D eigenvalue weighted by Crippen LogP contribution is 2.27. The fourth-order valence-corrected chi connectivity index (χ4v) is 3.94. The molecule has 2 rings (SSSR count). The van der Waals surface area contributed by atoms with E-state index in [1.165, 1.54) is 12.1 Å². The van der Waals surface area contributed by atoms with Crippen LogP contribution in [0.1, 0.15) is 31.1 Å². The Balaban J connectivity index is 2.44. The lowest BCUT2D eigenvalue weighted by Gasteiger charge is -2.19. The molecule has 1 atom stereocenters. The topological polar surface area (TPSA) is 93.7 Å². The van der Waals surface area contributed by atoms with Gasteiger partial charge in [-0.1, -0.05) is 11.6 Å². The van der Waals surface area contributed by atoms with E-state index in [4.69, 9.17) is 21.1 Å². The highest BCUT2D eigenvalue weighted by molar-refractivity contribution is 7.92. The van der Waals surface area contributed by atoms with Gasteiger partial charge in [0.2, 0.25) is 0 Å². The van der Waals surface area contributed by atoms with Crippen molar-refractivity contribution in [3.63, 3.8) is 0 Å². The second-order valence-corrected chi connectivity index (χ2v) is 8.87. The van der Waals surface area contributed by atoms with Gasteiger partial charge in [0.15, 0.2) is 0 Å². The average Bonchev–Trinajstić information content (AvgIpc) is 2.63. The highest BCUT2D eigenvalue weighted by atomic mass is 35.5. The zero-order chi connectivity index (χ0) is 21.6. The minimum Gasteiger partial charge on any atom is -0.459 e. The van der Waals surface area contributed by atoms with Crippen LogP contribution < -0.4 is 10.0 Å². The molecule has 0 aliphatic carbocycles. The summed E-state index contributed by atoms with van der Waals surface area (Å²) >= 11 is 5.86. The summed E-state index contributed by atoms with van der Waals surface area (Å²) in [5.74, 6) is -0.598. The fourth-order valence-electron chi connectivity index (χ4n) is 2.56. The summed E-state index contributed by atoms with van der Waals surface area (Å²) in [4.78, 5) is 12.2. The zero-order valence-electron chi connectivity index (χ0n) is 16.7. The van der Waals surface area contributed by atoms with Crippen molar-refractivity contribution in [3.8, 4) is 0 Å². The molecule has 0 saturated carbocycles. The summed E-state index contributed by atoms with van der Waals surface area (Å²) in [6, 6.07) is 10.5. The van der Waals surface area contributed by atoms with Gasteiger partial charge in [0.25, 0.3) is 10.0 Å². The van der Waals surface area contributed by atoms with Crippen molar-refractivity contribution in [2.24, 2.45) is 0 Å². The van der Waals surface area contributed by atoms with Gasteiger partial charge in [-0.3, -0.25) is 4.72 Å². The zero-order valence-corrected chi connectivity index (χ0v) is 18.3. The molecule has 0 aromatic heterocycles. The van der Waals surface area contributed by atoms with Gasteiger partial charge in [0.1, 0.15) is 4.90 Å². The molecule has 0 fully saturated rings. The minimum absolute atomic E-state index is 0.0754. The van der Waals surface area contributed by atoms with Crippen LogP contribution in [0, 0.1) is 0 Å². The third-order valence-electron chi connectivity index (χ3n) is 3.76. The molecule has 0 aliphatic rings. The van der Waals surface area contributed by atoms with Crippen molar-refractivity contribution in [1.82, 2.24) is 0 Å². The molecule has 0 amide bonds. The van der Waals surface area contributed by atoms with Crippen LogP contribution in [0.3, 0.4) is 0 Å². The average molecular weight is 441 g/mol. The molecule has 0 aliphatic heterocycles. The summed E-state index contributed by atoms with van der Waals surface area (Å²) in [6.07, 6.45) is -0.325. The molecule has 0 saturated heterocycles. The van der Waals surface area contributed by atoms with Gasteiger partial charge in [0, 0.05) is 23.9 Å². The van der Waals surface area contributed by atoms with Gasteiger partial charge in [-0.25, -0.2) is 13.2 Å². The van der Waals surface area contributed by atoms with E-state index in [9.17, 15) is 13.2 Å². The third kappa shape index (κ3) is 6.62. The van der Waals surface area contributed by atoms with Gasteiger partial charge in [-0.2, -0.15) is 0 Å². The summed E-state index contributed by atoms with van der Waals surface area (Å²) in [7, 11) is -2.45. The molecule has 9 heteroatoms. The van der Waals surface area contributed by atoms with Crippen molar-refractivity contribution in [3.05, 3.63) is 53.1 Å². The first-order valence-corrected chi connectivity index (χ1v) is 10.9. The van der Waals surface area contributed by atoms with Crippen LogP contribution in [0.2, 0.25) is 5.02 Å². The molecule has 2 aromatic rings. The Morgan fingerprint density at radius 1 is 1.10 bits per heavy atom. The molecule has 2 aromatic carbocycles. The van der Waals surface area contributed by atoms with Crippen LogP contribution in [0.25, 0.3) is 0 Å². The first-order chi connectivity index (χ1) is 13.6. The maximum atomic E-state index is 13.1. The van der Waals surface area contributed by atoms with Crippen LogP contribution in [-0.2, 0) is 19.5 Å². The number of carbonyl (C=O) groups excluding carboxylic acids is 1. The lowest BCUT2D eigenvalue weighted by Crippen LogP contribution is -2.24. The number of esters is 1. The number of rotatable bonds is 9. The standard InChI is InChI=1S/C20H25ClN2O5S/c1-13(2)28-20(24)15-5-10-18(22-14(3)12-27-4)19(11-15)29(25,26)23-17-8-6-16(21)7-9-17/h5-11,13-14,22-23H,12H2,1-4H3. The second kappa shape index (κ2) is 9.96. The lowest BCUT2D eigenvalue weighted by molar-refractivity contribution is 0.0377. The number of methoxy groups -OCH3 is 1. The predicted octanol–water partition coefficient (Wildman–Crippen LogP) is 4.15.